The second-order valence-corrected chi connectivity index (χ2v) is 3.83. The number of ether oxygens (including phenoxy) is 2. The van der Waals surface area contributed by atoms with Gasteiger partial charge in [0, 0.05) is 0 Å². The van der Waals surface area contributed by atoms with Crippen molar-refractivity contribution in [2.24, 2.45) is 0 Å². The Balaban J connectivity index is 4.06. The molecule has 0 aromatic rings. The van der Waals surface area contributed by atoms with Crippen LogP contribution >= 0.6 is 8.77 Å². The van der Waals surface area contributed by atoms with Crippen LogP contribution in [0.25, 0.3) is 0 Å². The van der Waals surface area contributed by atoms with Crippen molar-refractivity contribution in [2.45, 2.75) is 32.2 Å². The van der Waals surface area contributed by atoms with E-state index < -0.39 is 27.1 Å². The van der Waals surface area contributed by atoms with Crippen LogP contribution in [0.2, 0.25) is 0 Å². The minimum atomic E-state index is -3.47. The van der Waals surface area contributed by atoms with Crippen LogP contribution in [0.3, 0.4) is 0 Å². The Labute approximate surface area is 102 Å². The molecule has 0 aromatic carbocycles. The van der Waals surface area contributed by atoms with Crippen LogP contribution < -0.4 is 0 Å². The second kappa shape index (κ2) is 9.33. The fourth-order valence-corrected chi connectivity index (χ4v) is 1.17. The van der Waals surface area contributed by atoms with Crippen molar-refractivity contribution >= 4 is 8.77 Å². The predicted octanol–water partition coefficient (Wildman–Crippen LogP) is 2.61. The zero-order chi connectivity index (χ0) is 13.3. The minimum absolute atomic E-state index is 0.0602. The van der Waals surface area contributed by atoms with Crippen LogP contribution in [0.15, 0.2) is 0 Å². The van der Waals surface area contributed by atoms with E-state index in [9.17, 15) is 8.39 Å². The van der Waals surface area contributed by atoms with Gasteiger partial charge in [0.15, 0.2) is 0 Å². The fraction of sp³-hybridized carbons (Fsp3) is 0.636. The van der Waals surface area contributed by atoms with E-state index in [2.05, 4.69) is 16.4 Å². The van der Waals surface area contributed by atoms with E-state index >= 15 is 0 Å². The van der Waals surface area contributed by atoms with Crippen molar-refractivity contribution in [3.63, 3.8) is 0 Å². The first-order valence-corrected chi connectivity index (χ1v) is 5.97. The summed E-state index contributed by atoms with van der Waals surface area (Å²) < 4.78 is 38.9. The van der Waals surface area contributed by atoms with Gasteiger partial charge in [-0.15, -0.1) is 12.8 Å². The zero-order valence-corrected chi connectivity index (χ0v) is 10.6. The van der Waals surface area contributed by atoms with Gasteiger partial charge in [-0.25, -0.2) is 0 Å². The normalized spacial score (nSPS) is 15.9. The Morgan fingerprint density at radius 3 is 1.76 bits per heavy atom. The lowest BCUT2D eigenvalue weighted by atomic mass is 10.3. The second-order valence-electron chi connectivity index (χ2n) is 3.21. The van der Waals surface area contributed by atoms with Gasteiger partial charge in [0.25, 0.3) is 0 Å². The van der Waals surface area contributed by atoms with E-state index in [1.165, 1.54) is 0 Å². The highest BCUT2D eigenvalue weighted by atomic mass is 31.2. The third-order valence-electron chi connectivity index (χ3n) is 1.76. The standard InChI is InChI=1S/C11H15F2O3P/c1-5-9(3)14-7-11(16-17(12)13)8-15-10(4)6-2/h1-2,9-11H,7-8H2,3-4H3. The first-order valence-electron chi connectivity index (χ1n) is 4.93. The summed E-state index contributed by atoms with van der Waals surface area (Å²) in [7, 11) is -3.47. The maximum atomic E-state index is 12.1. The van der Waals surface area contributed by atoms with Crippen molar-refractivity contribution in [3.8, 4) is 24.7 Å². The Kier molecular flexibility index (Phi) is 8.94. The molecule has 0 N–H and O–H groups in total. The van der Waals surface area contributed by atoms with Crippen molar-refractivity contribution in [3.05, 3.63) is 0 Å². The summed E-state index contributed by atoms with van der Waals surface area (Å²) in [4.78, 5) is 0. The van der Waals surface area contributed by atoms with E-state index in [4.69, 9.17) is 22.3 Å². The van der Waals surface area contributed by atoms with Crippen LogP contribution in [0.5, 0.6) is 0 Å². The summed E-state index contributed by atoms with van der Waals surface area (Å²) in [5.41, 5.74) is 0. The lowest BCUT2D eigenvalue weighted by Crippen LogP contribution is -2.27. The topological polar surface area (TPSA) is 27.7 Å². The Morgan fingerprint density at radius 1 is 1.06 bits per heavy atom. The summed E-state index contributed by atoms with van der Waals surface area (Å²) in [5.74, 6) is 4.63. The summed E-state index contributed by atoms with van der Waals surface area (Å²) in [6, 6.07) is 0. The van der Waals surface area contributed by atoms with Gasteiger partial charge in [0.2, 0.25) is 0 Å². The summed E-state index contributed by atoms with van der Waals surface area (Å²) in [5, 5.41) is 0. The van der Waals surface area contributed by atoms with Crippen LogP contribution in [-0.2, 0) is 14.0 Å². The molecule has 0 aliphatic rings. The molecule has 2 unspecified atom stereocenters. The van der Waals surface area contributed by atoms with Gasteiger partial charge >= 0.3 is 8.77 Å². The number of halogens is 2. The molecule has 96 valence electrons. The molecular formula is C11H15F2O3P. The molecule has 3 nitrogen and oxygen atoms in total. The predicted molar refractivity (Wildman–Crippen MR) is 62.5 cm³/mol. The van der Waals surface area contributed by atoms with Crippen molar-refractivity contribution in [1.29, 1.82) is 0 Å². The largest absolute Gasteiger partial charge is 0.415 e. The molecule has 0 aromatic heterocycles. The number of rotatable bonds is 8. The van der Waals surface area contributed by atoms with E-state index in [0.29, 0.717) is 0 Å². The van der Waals surface area contributed by atoms with Crippen molar-refractivity contribution in [2.75, 3.05) is 13.2 Å². The number of hydrogen-bond acceptors (Lipinski definition) is 3. The van der Waals surface area contributed by atoms with Gasteiger partial charge in [-0.2, -0.15) is 8.39 Å². The van der Waals surface area contributed by atoms with Gasteiger partial charge in [0.1, 0.15) is 18.3 Å². The quantitative estimate of drug-likeness (QED) is 0.498. The fourth-order valence-electron chi connectivity index (χ4n) is 0.821. The molecular weight excluding hydrogens is 249 g/mol. The third-order valence-corrected chi connectivity index (χ3v) is 2.22. The molecule has 17 heavy (non-hydrogen) atoms. The first kappa shape index (κ1) is 16.3. The van der Waals surface area contributed by atoms with E-state index in [-0.39, 0.29) is 13.2 Å². The van der Waals surface area contributed by atoms with E-state index in [1.54, 1.807) is 13.8 Å². The van der Waals surface area contributed by atoms with E-state index in [0.717, 1.165) is 0 Å². The third kappa shape index (κ3) is 9.03. The van der Waals surface area contributed by atoms with E-state index in [1.807, 2.05) is 0 Å². The molecule has 2 atom stereocenters. The van der Waals surface area contributed by atoms with Crippen molar-refractivity contribution < 1.29 is 22.4 Å². The number of terminal acetylenes is 2. The van der Waals surface area contributed by atoms with Gasteiger partial charge < -0.3 is 9.47 Å². The molecule has 0 bridgehead atoms. The van der Waals surface area contributed by atoms with Gasteiger partial charge in [0.05, 0.1) is 13.2 Å². The molecule has 0 rings (SSSR count). The molecule has 0 aliphatic heterocycles. The zero-order valence-electron chi connectivity index (χ0n) is 9.73. The summed E-state index contributed by atoms with van der Waals surface area (Å²) >= 11 is 0. The van der Waals surface area contributed by atoms with Crippen LogP contribution in [0.1, 0.15) is 13.8 Å². The summed E-state index contributed by atoms with van der Waals surface area (Å²) in [6.07, 6.45) is 8.38. The Morgan fingerprint density at radius 2 is 1.47 bits per heavy atom. The van der Waals surface area contributed by atoms with Gasteiger partial charge in [-0.3, -0.25) is 4.52 Å². The van der Waals surface area contributed by atoms with Gasteiger partial charge in [-0.1, -0.05) is 11.8 Å². The molecule has 0 aliphatic carbocycles. The van der Waals surface area contributed by atoms with Crippen LogP contribution in [0, 0.1) is 24.7 Å². The average Bonchev–Trinajstić information content (AvgIpc) is 2.30. The monoisotopic (exact) mass is 264 g/mol. The lowest BCUT2D eigenvalue weighted by molar-refractivity contribution is -0.0244. The number of hydrogen-bond donors (Lipinski definition) is 0. The maximum absolute atomic E-state index is 12.1. The Bertz CT molecular complexity index is 261. The highest BCUT2D eigenvalue weighted by molar-refractivity contribution is 7.40. The molecule has 0 saturated heterocycles. The minimum Gasteiger partial charge on any atom is -0.363 e. The average molecular weight is 264 g/mol. The maximum Gasteiger partial charge on any atom is 0.415 e. The van der Waals surface area contributed by atoms with Crippen molar-refractivity contribution in [1.82, 2.24) is 0 Å². The SMILES string of the molecule is C#CC(C)OCC(COC(C)C#C)OP(F)F. The molecule has 0 amide bonds. The molecule has 0 heterocycles. The summed E-state index contributed by atoms with van der Waals surface area (Å²) in [6.45, 7) is 3.15. The Hall–Kier alpha value is -0.710. The smallest absolute Gasteiger partial charge is 0.363 e. The molecule has 0 saturated carbocycles. The molecule has 6 heteroatoms. The molecule has 0 spiro atoms. The highest BCUT2D eigenvalue weighted by Crippen LogP contribution is 2.41. The van der Waals surface area contributed by atoms with Crippen LogP contribution in [0.4, 0.5) is 8.39 Å². The first-order chi connectivity index (χ1) is 7.99. The molecule has 0 radical (unpaired) electrons. The highest BCUT2D eigenvalue weighted by Gasteiger charge is 2.19. The lowest BCUT2D eigenvalue weighted by Gasteiger charge is -2.18. The van der Waals surface area contributed by atoms with Crippen LogP contribution in [-0.4, -0.2) is 31.5 Å². The van der Waals surface area contributed by atoms with Gasteiger partial charge in [-0.05, 0) is 13.8 Å². The molecule has 0 fully saturated rings.